The van der Waals surface area contributed by atoms with Crippen molar-refractivity contribution in [3.05, 3.63) is 51.7 Å². The summed E-state index contributed by atoms with van der Waals surface area (Å²) in [6, 6.07) is 6.27. The second kappa shape index (κ2) is 10.9. The van der Waals surface area contributed by atoms with Gasteiger partial charge in [-0.1, -0.05) is 18.2 Å². The third kappa shape index (κ3) is 5.87. The summed E-state index contributed by atoms with van der Waals surface area (Å²) >= 11 is 2.94. The average molecular weight is 487 g/mol. The van der Waals surface area contributed by atoms with Crippen LogP contribution in [-0.2, 0) is 34.1 Å². The molecule has 0 bridgehead atoms. The summed E-state index contributed by atoms with van der Waals surface area (Å²) in [6.07, 6.45) is 3.97. The summed E-state index contributed by atoms with van der Waals surface area (Å²) in [5.41, 5.74) is 1.35. The maximum Gasteiger partial charge on any atom is 0.340 e. The third-order valence-electron chi connectivity index (χ3n) is 5.20. The van der Waals surface area contributed by atoms with Crippen LogP contribution >= 0.6 is 23.1 Å². The Kier molecular flexibility index (Phi) is 8.51. The van der Waals surface area contributed by atoms with Crippen molar-refractivity contribution in [2.24, 2.45) is 0 Å². The Bertz CT molecular complexity index is 1020. The number of nitrogens with one attached hydrogen (secondary N) is 1. The van der Waals surface area contributed by atoms with E-state index in [1.54, 1.807) is 30.0 Å². The second-order valence-corrected chi connectivity index (χ2v) is 11.3. The largest absolute Gasteiger partial charge is 0.465 e. The number of nitrogens with zero attached hydrogens (tertiary/aromatic N) is 1. The fraction of sp³-hybridized carbons (Fsp3) is 0.476. The number of carbonyl (C=O) groups excluding carboxylic acids is 1. The Morgan fingerprint density at radius 1 is 1.35 bits per heavy atom. The zero-order valence-corrected chi connectivity index (χ0v) is 20.1. The molecular formula is C21H27FN2O4S3. The average Bonchev–Trinajstić information content (AvgIpc) is 3.14. The first kappa shape index (κ1) is 24.2. The number of ether oxygens (including phenoxy) is 1. The Morgan fingerprint density at radius 3 is 2.84 bits per heavy atom. The lowest BCUT2D eigenvalue weighted by Gasteiger charge is -2.26. The minimum absolute atomic E-state index is 0.0103. The van der Waals surface area contributed by atoms with Gasteiger partial charge in [0.1, 0.15) is 10.0 Å². The van der Waals surface area contributed by atoms with Crippen molar-refractivity contribution in [1.82, 2.24) is 9.62 Å². The molecule has 1 aliphatic rings. The van der Waals surface area contributed by atoms with Crippen LogP contribution in [0.2, 0.25) is 0 Å². The molecule has 31 heavy (non-hydrogen) atoms. The highest BCUT2D eigenvalue weighted by atomic mass is 32.2. The van der Waals surface area contributed by atoms with Gasteiger partial charge >= 0.3 is 5.97 Å². The van der Waals surface area contributed by atoms with Crippen molar-refractivity contribution in [3.8, 4) is 0 Å². The van der Waals surface area contributed by atoms with E-state index in [-0.39, 0.29) is 28.6 Å². The van der Waals surface area contributed by atoms with Gasteiger partial charge in [-0.2, -0.15) is 11.8 Å². The molecule has 0 amide bonds. The van der Waals surface area contributed by atoms with Crippen LogP contribution in [0.4, 0.5) is 4.39 Å². The van der Waals surface area contributed by atoms with E-state index in [9.17, 15) is 17.6 Å². The zero-order valence-electron chi connectivity index (χ0n) is 17.6. The Morgan fingerprint density at radius 2 is 2.13 bits per heavy atom. The third-order valence-corrected chi connectivity index (χ3v) is 9.10. The Hall–Kier alpha value is -1.46. The number of sulfonamides is 1. The van der Waals surface area contributed by atoms with E-state index in [2.05, 4.69) is 15.9 Å². The summed E-state index contributed by atoms with van der Waals surface area (Å²) in [6.45, 7) is 2.38. The summed E-state index contributed by atoms with van der Waals surface area (Å²) in [5, 5.41) is 0. The molecule has 1 N–H and O–H groups in total. The molecule has 0 atom stereocenters. The van der Waals surface area contributed by atoms with Crippen molar-refractivity contribution in [2.75, 3.05) is 38.8 Å². The van der Waals surface area contributed by atoms with E-state index in [0.29, 0.717) is 18.5 Å². The van der Waals surface area contributed by atoms with Crippen LogP contribution in [0.15, 0.2) is 28.5 Å². The molecule has 3 rings (SSSR count). The molecular weight excluding hydrogens is 459 g/mol. The minimum Gasteiger partial charge on any atom is -0.465 e. The summed E-state index contributed by atoms with van der Waals surface area (Å²) in [5.74, 6) is 0.0696. The van der Waals surface area contributed by atoms with Gasteiger partial charge in [-0.15, -0.1) is 11.3 Å². The number of fused-ring (bicyclic) bond motifs is 1. The molecule has 0 saturated heterocycles. The maximum atomic E-state index is 13.8. The van der Waals surface area contributed by atoms with Crippen LogP contribution in [0, 0.1) is 5.82 Å². The number of esters is 1. The van der Waals surface area contributed by atoms with Crippen molar-refractivity contribution >= 4 is 39.1 Å². The molecule has 1 aliphatic heterocycles. The van der Waals surface area contributed by atoms with Gasteiger partial charge in [0.2, 0.25) is 0 Å². The molecule has 0 saturated carbocycles. The SMILES string of the molecule is COC(=O)c1c(S(=O)(=O)NCCc2ccccc2F)sc2c1CCN(CCCSC)C2. The normalized spacial score (nSPS) is 14.4. The van der Waals surface area contributed by atoms with Gasteiger partial charge in [0.25, 0.3) is 10.0 Å². The van der Waals surface area contributed by atoms with Gasteiger partial charge in [0.05, 0.1) is 12.7 Å². The van der Waals surface area contributed by atoms with Crippen LogP contribution in [0.5, 0.6) is 0 Å². The van der Waals surface area contributed by atoms with Gasteiger partial charge in [0.15, 0.2) is 0 Å². The zero-order chi connectivity index (χ0) is 22.4. The van der Waals surface area contributed by atoms with E-state index in [1.165, 1.54) is 13.2 Å². The number of hydrogen-bond donors (Lipinski definition) is 1. The van der Waals surface area contributed by atoms with Crippen molar-refractivity contribution in [3.63, 3.8) is 0 Å². The molecule has 0 unspecified atom stereocenters. The van der Waals surface area contributed by atoms with E-state index < -0.39 is 16.0 Å². The van der Waals surface area contributed by atoms with Gasteiger partial charge in [-0.05, 0) is 55.0 Å². The van der Waals surface area contributed by atoms with Gasteiger partial charge in [0, 0.05) is 24.5 Å². The van der Waals surface area contributed by atoms with Crippen LogP contribution in [0.3, 0.4) is 0 Å². The molecule has 1 aromatic carbocycles. The van der Waals surface area contributed by atoms with Crippen molar-refractivity contribution in [2.45, 2.75) is 30.0 Å². The molecule has 10 heteroatoms. The first-order valence-electron chi connectivity index (χ1n) is 10.0. The van der Waals surface area contributed by atoms with Gasteiger partial charge < -0.3 is 4.74 Å². The molecule has 0 fully saturated rings. The molecule has 0 aliphatic carbocycles. The molecule has 0 spiro atoms. The lowest BCUT2D eigenvalue weighted by Crippen LogP contribution is -2.31. The van der Waals surface area contributed by atoms with E-state index in [4.69, 9.17) is 4.74 Å². The number of thiophene rings is 1. The molecule has 170 valence electrons. The fourth-order valence-electron chi connectivity index (χ4n) is 3.64. The molecule has 2 heterocycles. The number of benzene rings is 1. The smallest absolute Gasteiger partial charge is 0.340 e. The summed E-state index contributed by atoms with van der Waals surface area (Å²) in [7, 11) is -2.68. The van der Waals surface area contributed by atoms with Gasteiger partial charge in [-0.3, -0.25) is 4.90 Å². The predicted molar refractivity (Wildman–Crippen MR) is 123 cm³/mol. The van der Waals surface area contributed by atoms with Crippen molar-refractivity contribution < 1.29 is 22.3 Å². The topological polar surface area (TPSA) is 75.7 Å². The number of carbonyl (C=O) groups is 1. The van der Waals surface area contributed by atoms with Crippen molar-refractivity contribution in [1.29, 1.82) is 0 Å². The lowest BCUT2D eigenvalue weighted by atomic mass is 10.0. The van der Waals surface area contributed by atoms with Gasteiger partial charge in [-0.25, -0.2) is 22.3 Å². The Labute approximate surface area is 191 Å². The first-order chi connectivity index (χ1) is 14.9. The number of methoxy groups -OCH3 is 1. The number of thioether (sulfide) groups is 1. The van der Waals surface area contributed by atoms with E-state index in [0.717, 1.165) is 47.0 Å². The van der Waals surface area contributed by atoms with E-state index in [1.807, 2.05) is 0 Å². The number of hydrogen-bond acceptors (Lipinski definition) is 7. The Balaban J connectivity index is 1.79. The fourth-order valence-corrected chi connectivity index (χ4v) is 7.06. The quantitative estimate of drug-likeness (QED) is 0.410. The number of halogens is 1. The van der Waals surface area contributed by atoms with Crippen LogP contribution < -0.4 is 4.72 Å². The maximum absolute atomic E-state index is 13.8. The van der Waals surface area contributed by atoms with Crippen LogP contribution in [0.25, 0.3) is 0 Å². The monoisotopic (exact) mass is 486 g/mol. The highest BCUT2D eigenvalue weighted by molar-refractivity contribution is 7.98. The first-order valence-corrected chi connectivity index (χ1v) is 13.7. The molecule has 2 aromatic rings. The summed E-state index contributed by atoms with van der Waals surface area (Å²) in [4.78, 5) is 15.7. The van der Waals surface area contributed by atoms with E-state index >= 15 is 0 Å². The lowest BCUT2D eigenvalue weighted by molar-refractivity contribution is 0.0595. The standard InChI is InChI=1S/C21H27FN2O4S3/c1-28-20(25)19-16-9-12-24(11-5-13-29-2)14-18(16)30-21(19)31(26,27)23-10-8-15-6-3-4-7-17(15)22/h3-4,6-7,23H,5,8-14H2,1-2H3. The summed E-state index contributed by atoms with van der Waals surface area (Å²) < 4.78 is 47.3. The highest BCUT2D eigenvalue weighted by Crippen LogP contribution is 2.36. The highest BCUT2D eigenvalue weighted by Gasteiger charge is 2.33. The second-order valence-electron chi connectivity index (χ2n) is 7.27. The van der Waals surface area contributed by atoms with Crippen LogP contribution in [-0.4, -0.2) is 58.0 Å². The van der Waals surface area contributed by atoms with Crippen LogP contribution in [0.1, 0.15) is 32.8 Å². The molecule has 0 radical (unpaired) electrons. The number of rotatable bonds is 10. The predicted octanol–water partition coefficient (Wildman–Crippen LogP) is 3.31. The molecule has 6 nitrogen and oxygen atoms in total. The minimum atomic E-state index is -3.94. The molecule has 1 aromatic heterocycles.